The largest absolute Gasteiger partial charge is 0.280 e. The molecule has 80 valence electrons. The molecule has 0 radical (unpaired) electrons. The van der Waals surface area contributed by atoms with Crippen molar-refractivity contribution in [3.8, 4) is 11.1 Å². The van der Waals surface area contributed by atoms with Crippen molar-refractivity contribution >= 4 is 17.1 Å². The minimum atomic E-state index is -0.112. The van der Waals surface area contributed by atoms with Gasteiger partial charge in [0.25, 0.3) is 0 Å². The second-order valence-corrected chi connectivity index (χ2v) is 3.92. The van der Waals surface area contributed by atoms with Crippen molar-refractivity contribution in [1.82, 2.24) is 0 Å². The summed E-state index contributed by atoms with van der Waals surface area (Å²) in [5.41, 5.74) is 2.60. The molecule has 0 atom stereocenters. The molecule has 0 aromatic heterocycles. The Hall–Kier alpha value is -1.58. The predicted octanol–water partition coefficient (Wildman–Crippen LogP) is 3.10. The maximum absolute atomic E-state index is 11.6. The standard InChI is InChI=1S/C13H11NOS/c14-16-13(15)12-9-5-4-8-11(12)10-6-2-1-3-7-10/h1-9H,14H2. The Bertz CT molecular complexity index is 496. The maximum atomic E-state index is 11.6. The Morgan fingerprint density at radius 3 is 2.25 bits per heavy atom. The first kappa shape index (κ1) is 10.9. The van der Waals surface area contributed by atoms with E-state index in [4.69, 9.17) is 5.14 Å². The summed E-state index contributed by atoms with van der Waals surface area (Å²) in [6, 6.07) is 17.3. The summed E-state index contributed by atoms with van der Waals surface area (Å²) in [6.07, 6.45) is 0. The van der Waals surface area contributed by atoms with Gasteiger partial charge in [-0.05, 0) is 29.1 Å². The number of hydrogen-bond acceptors (Lipinski definition) is 3. The summed E-state index contributed by atoms with van der Waals surface area (Å²) in [4.78, 5) is 11.6. The molecule has 0 aliphatic rings. The van der Waals surface area contributed by atoms with Crippen LogP contribution in [-0.4, -0.2) is 5.12 Å². The Labute approximate surface area is 98.6 Å². The lowest BCUT2D eigenvalue weighted by molar-refractivity contribution is 0.108. The average Bonchev–Trinajstić information content (AvgIpc) is 2.39. The van der Waals surface area contributed by atoms with Gasteiger partial charge in [0, 0.05) is 5.56 Å². The van der Waals surface area contributed by atoms with Gasteiger partial charge in [0.15, 0.2) is 0 Å². The lowest BCUT2D eigenvalue weighted by Crippen LogP contribution is -1.99. The molecule has 0 spiro atoms. The second kappa shape index (κ2) is 4.96. The van der Waals surface area contributed by atoms with Crippen molar-refractivity contribution in [3.05, 3.63) is 60.2 Å². The summed E-state index contributed by atoms with van der Waals surface area (Å²) in [5.74, 6) is 0. The van der Waals surface area contributed by atoms with Crippen molar-refractivity contribution in [2.24, 2.45) is 5.14 Å². The Balaban J connectivity index is 2.53. The van der Waals surface area contributed by atoms with E-state index in [1.807, 2.05) is 48.5 Å². The number of benzene rings is 2. The van der Waals surface area contributed by atoms with Crippen molar-refractivity contribution < 1.29 is 4.79 Å². The van der Waals surface area contributed by atoms with Gasteiger partial charge >= 0.3 is 0 Å². The van der Waals surface area contributed by atoms with Gasteiger partial charge < -0.3 is 0 Å². The Kier molecular flexibility index (Phi) is 3.39. The molecule has 0 aliphatic heterocycles. The molecule has 0 amide bonds. The molecule has 0 aliphatic carbocycles. The highest BCUT2D eigenvalue weighted by Crippen LogP contribution is 2.25. The minimum Gasteiger partial charge on any atom is -0.280 e. The van der Waals surface area contributed by atoms with Crippen molar-refractivity contribution in [2.75, 3.05) is 0 Å². The molecule has 0 unspecified atom stereocenters. The molecular formula is C13H11NOS. The molecule has 16 heavy (non-hydrogen) atoms. The predicted molar refractivity (Wildman–Crippen MR) is 68.0 cm³/mol. The average molecular weight is 229 g/mol. The molecule has 2 N–H and O–H groups in total. The minimum absolute atomic E-state index is 0.112. The molecule has 2 aromatic rings. The van der Waals surface area contributed by atoms with Crippen molar-refractivity contribution in [1.29, 1.82) is 0 Å². The lowest BCUT2D eigenvalue weighted by atomic mass is 10.0. The van der Waals surface area contributed by atoms with E-state index in [1.54, 1.807) is 6.07 Å². The first-order chi connectivity index (χ1) is 7.83. The van der Waals surface area contributed by atoms with E-state index >= 15 is 0 Å². The number of hydrogen-bond donors (Lipinski definition) is 1. The van der Waals surface area contributed by atoms with Crippen LogP contribution >= 0.6 is 11.9 Å². The number of carbonyl (C=O) groups is 1. The topological polar surface area (TPSA) is 43.1 Å². The van der Waals surface area contributed by atoms with Crippen LogP contribution in [0.15, 0.2) is 54.6 Å². The highest BCUT2D eigenvalue weighted by atomic mass is 32.2. The van der Waals surface area contributed by atoms with Gasteiger partial charge in [-0.15, -0.1) is 0 Å². The lowest BCUT2D eigenvalue weighted by Gasteiger charge is -2.06. The smallest absolute Gasteiger partial charge is 0.234 e. The number of rotatable bonds is 2. The molecule has 0 saturated heterocycles. The summed E-state index contributed by atoms with van der Waals surface area (Å²) >= 11 is 0.748. The fraction of sp³-hybridized carbons (Fsp3) is 0. The molecule has 0 bridgehead atoms. The van der Waals surface area contributed by atoms with Gasteiger partial charge in [-0.1, -0.05) is 48.5 Å². The second-order valence-electron chi connectivity index (χ2n) is 3.32. The zero-order valence-electron chi connectivity index (χ0n) is 8.59. The number of nitrogens with two attached hydrogens (primary N) is 1. The monoisotopic (exact) mass is 229 g/mol. The van der Waals surface area contributed by atoms with Crippen LogP contribution in [0, 0.1) is 0 Å². The first-order valence-electron chi connectivity index (χ1n) is 4.88. The fourth-order valence-corrected chi connectivity index (χ4v) is 1.90. The molecular weight excluding hydrogens is 218 g/mol. The third-order valence-electron chi connectivity index (χ3n) is 2.34. The van der Waals surface area contributed by atoms with Crippen LogP contribution in [0.4, 0.5) is 0 Å². The van der Waals surface area contributed by atoms with Crippen LogP contribution in [0.1, 0.15) is 10.4 Å². The van der Waals surface area contributed by atoms with E-state index in [0.717, 1.165) is 23.1 Å². The van der Waals surface area contributed by atoms with E-state index in [9.17, 15) is 4.79 Å². The van der Waals surface area contributed by atoms with Crippen molar-refractivity contribution in [3.63, 3.8) is 0 Å². The van der Waals surface area contributed by atoms with Gasteiger partial charge in [0.2, 0.25) is 5.12 Å². The van der Waals surface area contributed by atoms with E-state index in [1.165, 1.54) is 0 Å². The zero-order chi connectivity index (χ0) is 11.4. The summed E-state index contributed by atoms with van der Waals surface area (Å²) in [5, 5.41) is 5.21. The SMILES string of the molecule is NSC(=O)c1ccccc1-c1ccccc1. The normalized spacial score (nSPS) is 10.1. The third kappa shape index (κ3) is 2.15. The third-order valence-corrected chi connectivity index (χ3v) is 2.77. The molecule has 0 fully saturated rings. The van der Waals surface area contributed by atoms with Gasteiger partial charge in [0.05, 0.1) is 0 Å². The molecule has 0 saturated carbocycles. The van der Waals surface area contributed by atoms with Crippen LogP contribution in [0.5, 0.6) is 0 Å². The highest BCUT2D eigenvalue weighted by molar-refractivity contribution is 8.12. The maximum Gasteiger partial charge on any atom is 0.234 e. The van der Waals surface area contributed by atoms with E-state index in [2.05, 4.69) is 0 Å². The molecule has 3 heteroatoms. The van der Waals surface area contributed by atoms with Crippen LogP contribution in [0.25, 0.3) is 11.1 Å². The van der Waals surface area contributed by atoms with E-state index in [-0.39, 0.29) is 5.12 Å². The molecule has 2 nitrogen and oxygen atoms in total. The highest BCUT2D eigenvalue weighted by Gasteiger charge is 2.10. The Morgan fingerprint density at radius 1 is 0.938 bits per heavy atom. The Morgan fingerprint density at radius 2 is 1.56 bits per heavy atom. The van der Waals surface area contributed by atoms with Crippen LogP contribution in [0.2, 0.25) is 0 Å². The van der Waals surface area contributed by atoms with Crippen LogP contribution in [0.3, 0.4) is 0 Å². The van der Waals surface area contributed by atoms with Gasteiger partial charge in [0.1, 0.15) is 0 Å². The summed E-state index contributed by atoms with van der Waals surface area (Å²) < 4.78 is 0. The van der Waals surface area contributed by atoms with Crippen LogP contribution < -0.4 is 5.14 Å². The zero-order valence-corrected chi connectivity index (χ0v) is 9.41. The molecule has 2 rings (SSSR count). The molecule has 0 heterocycles. The van der Waals surface area contributed by atoms with Gasteiger partial charge in [-0.3, -0.25) is 9.93 Å². The first-order valence-corrected chi connectivity index (χ1v) is 5.76. The van der Waals surface area contributed by atoms with Crippen molar-refractivity contribution in [2.45, 2.75) is 0 Å². The summed E-state index contributed by atoms with van der Waals surface area (Å²) in [6.45, 7) is 0. The van der Waals surface area contributed by atoms with Gasteiger partial charge in [-0.2, -0.15) is 0 Å². The van der Waals surface area contributed by atoms with Gasteiger partial charge in [-0.25, -0.2) is 0 Å². The fourth-order valence-electron chi connectivity index (χ4n) is 1.59. The summed E-state index contributed by atoms with van der Waals surface area (Å²) in [7, 11) is 0. The molecule has 2 aromatic carbocycles. The van der Waals surface area contributed by atoms with E-state index in [0.29, 0.717) is 5.56 Å². The van der Waals surface area contributed by atoms with E-state index < -0.39 is 0 Å². The van der Waals surface area contributed by atoms with Crippen LogP contribution in [-0.2, 0) is 0 Å². The quantitative estimate of drug-likeness (QED) is 0.805. The number of carbonyl (C=O) groups excluding carboxylic acids is 1.